The maximum absolute atomic E-state index is 13.5. The summed E-state index contributed by atoms with van der Waals surface area (Å²) in [5.41, 5.74) is 2.13. The molecule has 0 unspecified atom stereocenters. The van der Waals surface area contributed by atoms with Gasteiger partial charge in [-0.25, -0.2) is 4.68 Å². The second-order valence-corrected chi connectivity index (χ2v) is 9.49. The number of H-pyrrole nitrogens is 1. The van der Waals surface area contributed by atoms with E-state index in [2.05, 4.69) is 30.6 Å². The minimum Gasteiger partial charge on any atom is -0.360 e. The van der Waals surface area contributed by atoms with Crippen LogP contribution in [0.4, 0.5) is 5.82 Å². The fourth-order valence-corrected chi connectivity index (χ4v) is 4.62. The van der Waals surface area contributed by atoms with Crippen LogP contribution >= 0.6 is 23.2 Å². The molecule has 0 saturated carbocycles. The first-order valence-electron chi connectivity index (χ1n) is 11.6. The highest BCUT2D eigenvalue weighted by Gasteiger charge is 2.25. The van der Waals surface area contributed by atoms with Crippen LogP contribution in [0.15, 0.2) is 70.1 Å². The van der Waals surface area contributed by atoms with Crippen LogP contribution in [-0.4, -0.2) is 40.6 Å². The van der Waals surface area contributed by atoms with Crippen molar-refractivity contribution in [3.05, 3.63) is 98.2 Å². The van der Waals surface area contributed by atoms with Gasteiger partial charge in [-0.2, -0.15) is 19.9 Å². The van der Waals surface area contributed by atoms with Crippen LogP contribution < -0.4 is 10.9 Å². The van der Waals surface area contributed by atoms with Crippen LogP contribution in [-0.2, 0) is 0 Å². The summed E-state index contributed by atoms with van der Waals surface area (Å²) < 4.78 is 8.17. The van der Waals surface area contributed by atoms with Gasteiger partial charge in [0, 0.05) is 16.7 Å². The van der Waals surface area contributed by atoms with Crippen molar-refractivity contribution in [2.75, 3.05) is 5.32 Å². The van der Waals surface area contributed by atoms with Crippen molar-refractivity contribution >= 4 is 46.0 Å². The molecule has 0 spiro atoms. The Kier molecular flexibility index (Phi) is 6.01. The first-order chi connectivity index (χ1) is 18.8. The highest BCUT2D eigenvalue weighted by atomic mass is 35.5. The van der Waals surface area contributed by atoms with Crippen molar-refractivity contribution in [2.24, 2.45) is 0 Å². The molecule has 0 aliphatic carbocycles. The standard InChI is InChI=1S/C26H18Cl2N8O3/c1-13-10-20(30-25(38)21-14(2)39-34-22(21)17-8-3-4-9-19(17)28)36(33-13)26-31-23-18(24(37)32-26)12-29-35(23)16-7-5-6-15(27)11-16/h3-12H,1-2H3,(H,30,38)(H,31,32,37). The Balaban J connectivity index is 1.42. The van der Waals surface area contributed by atoms with E-state index in [0.717, 1.165) is 0 Å². The number of fused-ring (bicyclic) bond motifs is 1. The van der Waals surface area contributed by atoms with Crippen LogP contribution in [0.1, 0.15) is 21.8 Å². The number of hydrogen-bond acceptors (Lipinski definition) is 7. The molecule has 6 aromatic rings. The van der Waals surface area contributed by atoms with E-state index in [1.54, 1.807) is 68.4 Å². The number of aryl methyl sites for hydroxylation is 2. The van der Waals surface area contributed by atoms with Crippen molar-refractivity contribution in [1.82, 2.24) is 34.7 Å². The van der Waals surface area contributed by atoms with E-state index in [9.17, 15) is 9.59 Å². The SMILES string of the molecule is Cc1cc(NC(=O)c2c(-c3ccccc3Cl)noc2C)n(-c2nc3c(cnn3-c3cccc(Cl)c3)c(=O)[nH]2)n1. The number of carbonyl (C=O) groups excluding carboxylic acids is 1. The summed E-state index contributed by atoms with van der Waals surface area (Å²) in [6, 6.07) is 15.7. The predicted octanol–water partition coefficient (Wildman–Crippen LogP) is 5.13. The lowest BCUT2D eigenvalue weighted by Crippen LogP contribution is -2.19. The molecule has 39 heavy (non-hydrogen) atoms. The smallest absolute Gasteiger partial charge is 0.263 e. The van der Waals surface area contributed by atoms with Gasteiger partial charge in [0.2, 0.25) is 5.95 Å². The van der Waals surface area contributed by atoms with Gasteiger partial charge in [0.05, 0.1) is 22.6 Å². The van der Waals surface area contributed by atoms with Gasteiger partial charge in [-0.05, 0) is 38.1 Å². The normalized spacial score (nSPS) is 11.3. The molecule has 2 N–H and O–H groups in total. The summed E-state index contributed by atoms with van der Waals surface area (Å²) >= 11 is 12.5. The fraction of sp³-hybridized carbons (Fsp3) is 0.0769. The van der Waals surface area contributed by atoms with Gasteiger partial charge in [0.1, 0.15) is 28.2 Å². The number of aromatic nitrogens is 7. The van der Waals surface area contributed by atoms with E-state index < -0.39 is 11.5 Å². The van der Waals surface area contributed by atoms with Crippen molar-refractivity contribution in [3.8, 4) is 22.9 Å². The first-order valence-corrected chi connectivity index (χ1v) is 12.4. The van der Waals surface area contributed by atoms with Gasteiger partial charge < -0.3 is 9.84 Å². The number of halogens is 2. The lowest BCUT2D eigenvalue weighted by molar-refractivity contribution is 0.102. The summed E-state index contributed by atoms with van der Waals surface area (Å²) in [5.74, 6) is 0.147. The number of nitrogens with zero attached hydrogens (tertiary/aromatic N) is 6. The Morgan fingerprint density at radius 1 is 1.05 bits per heavy atom. The lowest BCUT2D eigenvalue weighted by atomic mass is 10.1. The minimum atomic E-state index is -0.503. The number of nitrogens with one attached hydrogen (secondary N) is 2. The first kappa shape index (κ1) is 24.6. The van der Waals surface area contributed by atoms with Crippen molar-refractivity contribution in [1.29, 1.82) is 0 Å². The number of rotatable bonds is 5. The molecule has 1 amide bonds. The molecule has 6 rings (SSSR count). The quantitative estimate of drug-likeness (QED) is 0.298. The number of amides is 1. The number of anilines is 1. The van der Waals surface area contributed by atoms with E-state index in [0.29, 0.717) is 38.4 Å². The van der Waals surface area contributed by atoms with E-state index in [1.165, 1.54) is 15.6 Å². The Morgan fingerprint density at radius 2 is 1.87 bits per heavy atom. The predicted molar refractivity (Wildman–Crippen MR) is 146 cm³/mol. The number of hydrogen-bond donors (Lipinski definition) is 2. The maximum Gasteiger partial charge on any atom is 0.263 e. The zero-order valence-corrected chi connectivity index (χ0v) is 21.9. The van der Waals surface area contributed by atoms with Crippen LogP contribution in [0.5, 0.6) is 0 Å². The number of benzene rings is 2. The molecule has 0 aliphatic rings. The fourth-order valence-electron chi connectivity index (χ4n) is 4.21. The van der Waals surface area contributed by atoms with Crippen LogP contribution in [0.2, 0.25) is 10.0 Å². The molecule has 0 atom stereocenters. The Bertz CT molecular complexity index is 1950. The third-order valence-corrected chi connectivity index (χ3v) is 6.54. The zero-order chi connectivity index (χ0) is 27.3. The Labute approximate surface area is 230 Å². The Morgan fingerprint density at radius 3 is 2.67 bits per heavy atom. The van der Waals surface area contributed by atoms with Gasteiger partial charge >= 0.3 is 0 Å². The van der Waals surface area contributed by atoms with Crippen LogP contribution in [0, 0.1) is 13.8 Å². The second-order valence-electron chi connectivity index (χ2n) is 8.64. The molecule has 0 aliphatic heterocycles. The molecule has 2 aromatic carbocycles. The molecule has 0 fully saturated rings. The monoisotopic (exact) mass is 560 g/mol. The molecule has 194 valence electrons. The topological polar surface area (TPSA) is 137 Å². The lowest BCUT2D eigenvalue weighted by Gasteiger charge is -2.09. The van der Waals surface area contributed by atoms with E-state index in [1.807, 2.05) is 0 Å². The van der Waals surface area contributed by atoms with Crippen LogP contribution in [0.25, 0.3) is 33.9 Å². The zero-order valence-electron chi connectivity index (χ0n) is 20.4. The van der Waals surface area contributed by atoms with Crippen LogP contribution in [0.3, 0.4) is 0 Å². The van der Waals surface area contributed by atoms with E-state index in [-0.39, 0.29) is 28.4 Å². The molecule has 4 aromatic heterocycles. The summed E-state index contributed by atoms with van der Waals surface area (Å²) in [6.45, 7) is 3.38. The van der Waals surface area contributed by atoms with Crippen molar-refractivity contribution in [3.63, 3.8) is 0 Å². The second kappa shape index (κ2) is 9.53. The molecule has 0 saturated heterocycles. The van der Waals surface area contributed by atoms with Gasteiger partial charge in [-0.1, -0.05) is 52.6 Å². The molecular formula is C26H18Cl2N8O3. The molecule has 13 heteroatoms. The third kappa shape index (κ3) is 4.37. The van der Waals surface area contributed by atoms with Gasteiger partial charge in [-0.3, -0.25) is 14.6 Å². The summed E-state index contributed by atoms with van der Waals surface area (Å²) in [7, 11) is 0. The largest absolute Gasteiger partial charge is 0.360 e. The Hall–Kier alpha value is -4.74. The van der Waals surface area contributed by atoms with Gasteiger partial charge in [0.25, 0.3) is 11.5 Å². The van der Waals surface area contributed by atoms with Gasteiger partial charge in [0.15, 0.2) is 5.65 Å². The maximum atomic E-state index is 13.5. The average molecular weight is 561 g/mol. The summed E-state index contributed by atoms with van der Waals surface area (Å²) in [5, 5.41) is 16.9. The average Bonchev–Trinajstić information content (AvgIpc) is 3.61. The van der Waals surface area contributed by atoms with E-state index in [4.69, 9.17) is 27.7 Å². The third-order valence-electron chi connectivity index (χ3n) is 5.97. The number of aromatic amines is 1. The highest BCUT2D eigenvalue weighted by Crippen LogP contribution is 2.31. The van der Waals surface area contributed by atoms with Gasteiger partial charge in [-0.15, -0.1) is 0 Å². The number of carbonyl (C=O) groups is 1. The summed E-state index contributed by atoms with van der Waals surface area (Å²) in [4.78, 5) is 33.8. The highest BCUT2D eigenvalue weighted by molar-refractivity contribution is 6.33. The molecule has 0 radical (unpaired) electrons. The molecule has 11 nitrogen and oxygen atoms in total. The molecular weight excluding hydrogens is 543 g/mol. The molecule has 4 heterocycles. The van der Waals surface area contributed by atoms with Crippen molar-refractivity contribution < 1.29 is 9.32 Å². The van der Waals surface area contributed by atoms with E-state index >= 15 is 0 Å². The summed E-state index contributed by atoms with van der Waals surface area (Å²) in [6.07, 6.45) is 1.42. The molecule has 0 bridgehead atoms. The van der Waals surface area contributed by atoms with Crippen molar-refractivity contribution in [2.45, 2.75) is 13.8 Å². The minimum absolute atomic E-state index is 0.0769.